The number of carbonyl (C=O) groups is 1. The summed E-state index contributed by atoms with van der Waals surface area (Å²) in [6.45, 7) is 5.83. The van der Waals surface area contributed by atoms with Crippen LogP contribution >= 0.6 is 0 Å². The molecule has 4 nitrogen and oxygen atoms in total. The topological polar surface area (TPSA) is 58.4 Å². The summed E-state index contributed by atoms with van der Waals surface area (Å²) < 4.78 is 0. The summed E-state index contributed by atoms with van der Waals surface area (Å²) in [5.74, 6) is 0.0761. The van der Waals surface area contributed by atoms with E-state index in [2.05, 4.69) is 37.4 Å². The third-order valence-corrected chi connectivity index (χ3v) is 4.19. The third-order valence-electron chi connectivity index (χ3n) is 4.19. The smallest absolute Gasteiger partial charge is 0.253 e. The van der Waals surface area contributed by atoms with Crippen LogP contribution in [0.25, 0.3) is 0 Å². The van der Waals surface area contributed by atoms with Crippen molar-refractivity contribution in [3.8, 4) is 0 Å². The highest BCUT2D eigenvalue weighted by atomic mass is 16.2. The van der Waals surface area contributed by atoms with Crippen LogP contribution in [0.3, 0.4) is 0 Å². The minimum Gasteiger partial charge on any atom is -0.397 e. The molecule has 3 rings (SSSR count). The van der Waals surface area contributed by atoms with Crippen molar-refractivity contribution < 1.29 is 4.79 Å². The van der Waals surface area contributed by atoms with E-state index in [1.807, 2.05) is 17.0 Å². The van der Waals surface area contributed by atoms with Gasteiger partial charge in [0.2, 0.25) is 0 Å². The summed E-state index contributed by atoms with van der Waals surface area (Å²) in [5.41, 5.74) is 11.6. The highest BCUT2D eigenvalue weighted by molar-refractivity contribution is 5.96. The third kappa shape index (κ3) is 3.47. The number of anilines is 3. The maximum absolute atomic E-state index is 12.4. The quantitative estimate of drug-likeness (QED) is 0.846. The van der Waals surface area contributed by atoms with Crippen LogP contribution in [-0.4, -0.2) is 23.9 Å². The van der Waals surface area contributed by atoms with E-state index < -0.39 is 0 Å². The van der Waals surface area contributed by atoms with Gasteiger partial charge in [-0.2, -0.15) is 0 Å². The fourth-order valence-electron chi connectivity index (χ4n) is 3.11. The van der Waals surface area contributed by atoms with Gasteiger partial charge in [-0.3, -0.25) is 4.79 Å². The van der Waals surface area contributed by atoms with Crippen LogP contribution in [0.5, 0.6) is 0 Å². The number of nitrogens with one attached hydrogen (secondary N) is 1. The number of nitrogen functional groups attached to an aromatic ring is 1. The number of aryl methyl sites for hydroxylation is 2. The Morgan fingerprint density at radius 1 is 1.04 bits per heavy atom. The van der Waals surface area contributed by atoms with Gasteiger partial charge in [-0.15, -0.1) is 0 Å². The molecule has 0 unspecified atom stereocenters. The van der Waals surface area contributed by atoms with Crippen LogP contribution < -0.4 is 11.1 Å². The average molecular weight is 309 g/mol. The van der Waals surface area contributed by atoms with Crippen molar-refractivity contribution >= 4 is 23.0 Å². The fraction of sp³-hybridized carbons (Fsp3) is 0.316. The Kier molecular flexibility index (Phi) is 4.24. The Balaban J connectivity index is 1.80. The maximum atomic E-state index is 12.4. The van der Waals surface area contributed by atoms with Crippen molar-refractivity contribution in [2.75, 3.05) is 24.1 Å². The normalized spacial score (nSPS) is 14.1. The van der Waals surface area contributed by atoms with Crippen LogP contribution in [0.15, 0.2) is 36.4 Å². The van der Waals surface area contributed by atoms with E-state index >= 15 is 0 Å². The van der Waals surface area contributed by atoms with E-state index in [1.165, 1.54) is 11.1 Å². The van der Waals surface area contributed by atoms with E-state index in [0.717, 1.165) is 37.3 Å². The summed E-state index contributed by atoms with van der Waals surface area (Å²) in [6.07, 6.45) is 2.18. The first kappa shape index (κ1) is 15.4. The molecule has 0 aliphatic carbocycles. The zero-order valence-corrected chi connectivity index (χ0v) is 13.7. The number of hydrogen-bond donors (Lipinski definition) is 2. The molecule has 1 heterocycles. The maximum Gasteiger partial charge on any atom is 0.253 e. The number of rotatable bonds is 3. The molecule has 4 heteroatoms. The summed E-state index contributed by atoms with van der Waals surface area (Å²) >= 11 is 0. The predicted molar refractivity (Wildman–Crippen MR) is 95.2 cm³/mol. The van der Waals surface area contributed by atoms with Gasteiger partial charge in [-0.1, -0.05) is 6.07 Å². The van der Waals surface area contributed by atoms with E-state index in [-0.39, 0.29) is 5.91 Å². The summed E-state index contributed by atoms with van der Waals surface area (Å²) in [7, 11) is 0. The van der Waals surface area contributed by atoms with Gasteiger partial charge in [0.15, 0.2) is 0 Å². The van der Waals surface area contributed by atoms with Crippen LogP contribution in [-0.2, 0) is 0 Å². The average Bonchev–Trinajstić information content (AvgIpc) is 3.02. The molecule has 1 amide bonds. The number of likely N-dealkylation sites (tertiary alicyclic amines) is 1. The van der Waals surface area contributed by atoms with Crippen molar-refractivity contribution in [3.05, 3.63) is 53.1 Å². The summed E-state index contributed by atoms with van der Waals surface area (Å²) in [4.78, 5) is 14.3. The fourth-order valence-corrected chi connectivity index (χ4v) is 3.11. The van der Waals surface area contributed by atoms with Crippen LogP contribution in [0, 0.1) is 13.8 Å². The van der Waals surface area contributed by atoms with Gasteiger partial charge >= 0.3 is 0 Å². The second-order valence-corrected chi connectivity index (χ2v) is 6.30. The lowest BCUT2D eigenvalue weighted by atomic mass is 10.1. The molecule has 120 valence electrons. The largest absolute Gasteiger partial charge is 0.397 e. The second-order valence-electron chi connectivity index (χ2n) is 6.30. The molecule has 0 spiro atoms. The molecule has 1 aliphatic heterocycles. The summed E-state index contributed by atoms with van der Waals surface area (Å²) in [5, 5.41) is 3.34. The minimum atomic E-state index is 0.0761. The van der Waals surface area contributed by atoms with Crippen molar-refractivity contribution in [2.45, 2.75) is 26.7 Å². The Morgan fingerprint density at radius 3 is 2.30 bits per heavy atom. The second kappa shape index (κ2) is 6.32. The van der Waals surface area contributed by atoms with Gasteiger partial charge in [0.05, 0.1) is 11.4 Å². The molecular formula is C19H23N3O. The molecule has 2 aromatic carbocycles. The molecular weight excluding hydrogens is 286 g/mol. The van der Waals surface area contributed by atoms with Crippen LogP contribution in [0.4, 0.5) is 17.1 Å². The van der Waals surface area contributed by atoms with Crippen molar-refractivity contribution in [3.63, 3.8) is 0 Å². The van der Waals surface area contributed by atoms with Crippen molar-refractivity contribution in [1.82, 2.24) is 4.90 Å². The van der Waals surface area contributed by atoms with Gasteiger partial charge in [-0.05, 0) is 68.1 Å². The Bertz CT molecular complexity index is 713. The molecule has 1 fully saturated rings. The van der Waals surface area contributed by atoms with E-state index in [4.69, 9.17) is 5.73 Å². The number of nitrogens with two attached hydrogens (primary N) is 1. The molecule has 2 aromatic rings. The van der Waals surface area contributed by atoms with Gasteiger partial charge in [0, 0.05) is 24.3 Å². The molecule has 0 atom stereocenters. The van der Waals surface area contributed by atoms with Gasteiger partial charge in [0.1, 0.15) is 0 Å². The lowest BCUT2D eigenvalue weighted by Gasteiger charge is -2.17. The standard InChI is InChI=1S/C19H23N3O/c1-13-9-14(2)11-16(10-13)21-18-6-5-15(12-17(18)20)19(23)22-7-3-4-8-22/h5-6,9-12,21H,3-4,7-8,20H2,1-2H3. The lowest BCUT2D eigenvalue weighted by molar-refractivity contribution is 0.0793. The molecule has 1 saturated heterocycles. The van der Waals surface area contributed by atoms with Crippen molar-refractivity contribution in [1.29, 1.82) is 0 Å². The van der Waals surface area contributed by atoms with Gasteiger partial charge < -0.3 is 16.0 Å². The molecule has 0 bridgehead atoms. The molecule has 0 radical (unpaired) electrons. The molecule has 3 N–H and O–H groups in total. The zero-order chi connectivity index (χ0) is 16.4. The van der Waals surface area contributed by atoms with E-state index in [0.29, 0.717) is 11.3 Å². The number of carbonyl (C=O) groups excluding carboxylic acids is 1. The monoisotopic (exact) mass is 309 g/mol. The number of amides is 1. The Morgan fingerprint density at radius 2 is 1.70 bits per heavy atom. The first-order valence-corrected chi connectivity index (χ1v) is 8.07. The number of hydrogen-bond acceptors (Lipinski definition) is 3. The van der Waals surface area contributed by atoms with Crippen molar-refractivity contribution in [2.24, 2.45) is 0 Å². The Labute approximate surface area is 137 Å². The minimum absolute atomic E-state index is 0.0761. The molecule has 1 aliphatic rings. The van der Waals surface area contributed by atoms with Gasteiger partial charge in [0.25, 0.3) is 5.91 Å². The van der Waals surface area contributed by atoms with Gasteiger partial charge in [-0.25, -0.2) is 0 Å². The first-order valence-electron chi connectivity index (χ1n) is 8.07. The highest BCUT2D eigenvalue weighted by Crippen LogP contribution is 2.26. The summed E-state index contributed by atoms with van der Waals surface area (Å²) in [6, 6.07) is 11.8. The molecule has 0 saturated carbocycles. The zero-order valence-electron chi connectivity index (χ0n) is 13.7. The van der Waals surface area contributed by atoms with Crippen LogP contribution in [0.2, 0.25) is 0 Å². The lowest BCUT2D eigenvalue weighted by Crippen LogP contribution is -2.27. The predicted octanol–water partition coefficient (Wildman–Crippen LogP) is 3.87. The first-order chi connectivity index (χ1) is 11.0. The van der Waals surface area contributed by atoms with Crippen LogP contribution in [0.1, 0.15) is 34.3 Å². The molecule has 23 heavy (non-hydrogen) atoms. The number of nitrogens with zero attached hydrogens (tertiary/aromatic N) is 1. The Hall–Kier alpha value is -2.49. The molecule has 0 aromatic heterocycles. The van der Waals surface area contributed by atoms with E-state index in [9.17, 15) is 4.79 Å². The SMILES string of the molecule is Cc1cc(C)cc(Nc2ccc(C(=O)N3CCCC3)cc2N)c1. The number of benzene rings is 2. The highest BCUT2D eigenvalue weighted by Gasteiger charge is 2.19. The van der Waals surface area contributed by atoms with E-state index in [1.54, 1.807) is 6.07 Å².